The maximum Gasteiger partial charge on any atom is 0.254 e. The summed E-state index contributed by atoms with van der Waals surface area (Å²) in [6.07, 6.45) is 5.88. The van der Waals surface area contributed by atoms with E-state index in [1.54, 1.807) is 48.4 Å². The highest BCUT2D eigenvalue weighted by Crippen LogP contribution is 2.20. The molecule has 1 aromatic rings. The Hall–Kier alpha value is -1.91. The maximum atomic E-state index is 12.5. The molecule has 2 rings (SSSR count). The fraction of sp³-hybridized carbons (Fsp3) is 0.500. The monoisotopic (exact) mass is 261 g/mol. The van der Waals surface area contributed by atoms with Gasteiger partial charge in [0.25, 0.3) is 5.91 Å². The van der Waals surface area contributed by atoms with Crippen molar-refractivity contribution in [2.24, 2.45) is 0 Å². The Morgan fingerprint density at radius 1 is 1.26 bits per heavy atom. The van der Waals surface area contributed by atoms with Crippen molar-refractivity contribution in [2.45, 2.75) is 25.3 Å². The van der Waals surface area contributed by atoms with Crippen molar-refractivity contribution in [1.82, 2.24) is 14.8 Å². The molecule has 102 valence electrons. The number of carbonyl (C=O) groups excluding carboxylic acids is 2. The van der Waals surface area contributed by atoms with Gasteiger partial charge in [-0.1, -0.05) is 0 Å². The fourth-order valence-corrected chi connectivity index (χ4v) is 2.39. The number of pyridine rings is 1. The first-order valence-corrected chi connectivity index (χ1v) is 6.53. The van der Waals surface area contributed by atoms with Gasteiger partial charge in [-0.25, -0.2) is 0 Å². The molecule has 1 fully saturated rings. The van der Waals surface area contributed by atoms with Crippen LogP contribution >= 0.6 is 0 Å². The normalized spacial score (nSPS) is 19.1. The van der Waals surface area contributed by atoms with E-state index in [-0.39, 0.29) is 17.9 Å². The molecule has 1 aromatic heterocycles. The summed E-state index contributed by atoms with van der Waals surface area (Å²) in [5.41, 5.74) is 0.591. The third kappa shape index (κ3) is 2.92. The number of piperidine rings is 1. The van der Waals surface area contributed by atoms with E-state index in [2.05, 4.69) is 4.98 Å². The first-order chi connectivity index (χ1) is 9.11. The number of amides is 2. The van der Waals surface area contributed by atoms with E-state index in [9.17, 15) is 9.59 Å². The minimum absolute atomic E-state index is 0.00195. The highest BCUT2D eigenvalue weighted by molar-refractivity contribution is 5.97. The van der Waals surface area contributed by atoms with E-state index in [1.165, 1.54) is 0 Å². The van der Waals surface area contributed by atoms with Crippen LogP contribution in [0.4, 0.5) is 0 Å². The minimum Gasteiger partial charge on any atom is -0.347 e. The van der Waals surface area contributed by atoms with Crippen molar-refractivity contribution in [3.63, 3.8) is 0 Å². The molecule has 0 radical (unpaired) electrons. The Morgan fingerprint density at radius 3 is 2.58 bits per heavy atom. The Morgan fingerprint density at radius 2 is 1.95 bits per heavy atom. The van der Waals surface area contributed by atoms with E-state index >= 15 is 0 Å². The topological polar surface area (TPSA) is 53.5 Å². The van der Waals surface area contributed by atoms with Crippen molar-refractivity contribution < 1.29 is 9.59 Å². The standard InChI is InChI=1S/C14H19N3O2/c1-16(2)14(19)12-5-3-4-10-17(12)13(18)11-6-8-15-9-7-11/h6-9,12H,3-5,10H2,1-2H3/t12-/m0/s1. The quantitative estimate of drug-likeness (QED) is 0.803. The van der Waals surface area contributed by atoms with Gasteiger partial charge >= 0.3 is 0 Å². The van der Waals surface area contributed by atoms with Crippen LogP contribution in [0, 0.1) is 0 Å². The van der Waals surface area contributed by atoms with Crippen molar-refractivity contribution in [3.8, 4) is 0 Å². The number of aromatic nitrogens is 1. The van der Waals surface area contributed by atoms with Gasteiger partial charge in [0, 0.05) is 38.6 Å². The summed E-state index contributed by atoms with van der Waals surface area (Å²) in [7, 11) is 3.46. The van der Waals surface area contributed by atoms with Crippen LogP contribution in [0.3, 0.4) is 0 Å². The minimum atomic E-state index is -0.329. The molecule has 0 bridgehead atoms. The van der Waals surface area contributed by atoms with Crippen LogP contribution in [0.15, 0.2) is 24.5 Å². The largest absolute Gasteiger partial charge is 0.347 e. The third-order valence-corrected chi connectivity index (χ3v) is 3.42. The van der Waals surface area contributed by atoms with Crippen molar-refractivity contribution in [1.29, 1.82) is 0 Å². The van der Waals surface area contributed by atoms with Crippen LogP contribution in [-0.2, 0) is 4.79 Å². The van der Waals surface area contributed by atoms with E-state index in [0.29, 0.717) is 12.1 Å². The van der Waals surface area contributed by atoms with Crippen molar-refractivity contribution in [3.05, 3.63) is 30.1 Å². The smallest absolute Gasteiger partial charge is 0.254 e. The SMILES string of the molecule is CN(C)C(=O)[C@@H]1CCCCN1C(=O)c1ccncc1. The zero-order valence-corrected chi connectivity index (χ0v) is 11.4. The molecule has 2 heterocycles. The van der Waals surface area contributed by atoms with Crippen LogP contribution in [0.1, 0.15) is 29.6 Å². The second-order valence-corrected chi connectivity index (χ2v) is 4.98. The van der Waals surface area contributed by atoms with Gasteiger partial charge in [0.15, 0.2) is 0 Å². The number of carbonyl (C=O) groups is 2. The molecule has 5 nitrogen and oxygen atoms in total. The van der Waals surface area contributed by atoms with Gasteiger partial charge in [-0.05, 0) is 31.4 Å². The van der Waals surface area contributed by atoms with Crippen LogP contribution in [-0.4, -0.2) is 53.3 Å². The average Bonchev–Trinajstić information content (AvgIpc) is 2.46. The molecule has 1 atom stereocenters. The molecule has 1 aliphatic heterocycles. The Bertz CT molecular complexity index is 459. The molecular weight excluding hydrogens is 242 g/mol. The highest BCUT2D eigenvalue weighted by Gasteiger charge is 2.33. The Labute approximate surface area is 113 Å². The summed E-state index contributed by atoms with van der Waals surface area (Å²) in [5.74, 6) is -0.0793. The van der Waals surface area contributed by atoms with Gasteiger partial charge in [-0.3, -0.25) is 14.6 Å². The average molecular weight is 261 g/mol. The summed E-state index contributed by atoms with van der Waals surface area (Å²) in [6.45, 7) is 0.644. The van der Waals surface area contributed by atoms with Gasteiger partial charge < -0.3 is 9.80 Å². The molecule has 0 saturated carbocycles. The number of nitrogens with zero attached hydrogens (tertiary/aromatic N) is 3. The highest BCUT2D eigenvalue weighted by atomic mass is 16.2. The number of hydrogen-bond acceptors (Lipinski definition) is 3. The fourth-order valence-electron chi connectivity index (χ4n) is 2.39. The predicted octanol–water partition coefficient (Wildman–Crippen LogP) is 1.16. The number of rotatable bonds is 2. The van der Waals surface area contributed by atoms with Gasteiger partial charge in [0.05, 0.1) is 0 Å². The summed E-state index contributed by atoms with van der Waals surface area (Å²) >= 11 is 0. The number of likely N-dealkylation sites (tertiary alicyclic amines) is 1. The van der Waals surface area contributed by atoms with E-state index < -0.39 is 0 Å². The molecular formula is C14H19N3O2. The molecule has 0 unspecified atom stereocenters. The predicted molar refractivity (Wildman–Crippen MR) is 71.6 cm³/mol. The molecule has 0 aliphatic carbocycles. The summed E-state index contributed by atoms with van der Waals surface area (Å²) in [4.78, 5) is 31.8. The molecule has 0 N–H and O–H groups in total. The second-order valence-electron chi connectivity index (χ2n) is 4.98. The van der Waals surface area contributed by atoms with Crippen LogP contribution < -0.4 is 0 Å². The first-order valence-electron chi connectivity index (χ1n) is 6.53. The van der Waals surface area contributed by atoms with Crippen LogP contribution in [0.2, 0.25) is 0 Å². The number of hydrogen-bond donors (Lipinski definition) is 0. The zero-order valence-electron chi connectivity index (χ0n) is 11.4. The van der Waals surface area contributed by atoms with Crippen molar-refractivity contribution in [2.75, 3.05) is 20.6 Å². The molecule has 1 aliphatic rings. The lowest BCUT2D eigenvalue weighted by atomic mass is 10.00. The second kappa shape index (κ2) is 5.82. The molecule has 5 heteroatoms. The summed E-state index contributed by atoms with van der Waals surface area (Å²) in [6, 6.07) is 3.05. The summed E-state index contributed by atoms with van der Waals surface area (Å²) < 4.78 is 0. The molecule has 0 aromatic carbocycles. The van der Waals surface area contributed by atoms with Gasteiger partial charge in [-0.15, -0.1) is 0 Å². The molecule has 0 spiro atoms. The summed E-state index contributed by atoms with van der Waals surface area (Å²) in [5, 5.41) is 0. The Balaban J connectivity index is 2.20. The lowest BCUT2D eigenvalue weighted by molar-refractivity contribution is -0.134. The lowest BCUT2D eigenvalue weighted by Crippen LogP contribution is -2.51. The van der Waals surface area contributed by atoms with Crippen LogP contribution in [0.5, 0.6) is 0 Å². The number of likely N-dealkylation sites (N-methyl/N-ethyl adjacent to an activating group) is 1. The zero-order chi connectivity index (χ0) is 13.8. The lowest BCUT2D eigenvalue weighted by Gasteiger charge is -2.36. The third-order valence-electron chi connectivity index (χ3n) is 3.42. The molecule has 1 saturated heterocycles. The van der Waals surface area contributed by atoms with Gasteiger partial charge in [0.1, 0.15) is 6.04 Å². The molecule has 19 heavy (non-hydrogen) atoms. The molecule has 2 amide bonds. The van der Waals surface area contributed by atoms with E-state index in [0.717, 1.165) is 19.3 Å². The van der Waals surface area contributed by atoms with Crippen LogP contribution in [0.25, 0.3) is 0 Å². The first kappa shape index (κ1) is 13.5. The Kier molecular flexibility index (Phi) is 4.14. The maximum absolute atomic E-state index is 12.5. The van der Waals surface area contributed by atoms with Crippen molar-refractivity contribution >= 4 is 11.8 Å². The van der Waals surface area contributed by atoms with Gasteiger partial charge in [-0.2, -0.15) is 0 Å². The van der Waals surface area contributed by atoms with Gasteiger partial charge in [0.2, 0.25) is 5.91 Å². The van der Waals surface area contributed by atoms with E-state index in [4.69, 9.17) is 0 Å². The van der Waals surface area contributed by atoms with E-state index in [1.807, 2.05) is 0 Å².